The van der Waals surface area contributed by atoms with E-state index in [1.165, 1.54) is 5.69 Å². The van der Waals surface area contributed by atoms with Gasteiger partial charge in [0.25, 0.3) is 0 Å². The molecule has 2 aliphatic rings. The summed E-state index contributed by atoms with van der Waals surface area (Å²) in [5.41, 5.74) is 4.36. The van der Waals surface area contributed by atoms with E-state index >= 15 is 0 Å². The first-order valence-corrected chi connectivity index (χ1v) is 11.2. The van der Waals surface area contributed by atoms with Gasteiger partial charge in [0.1, 0.15) is 17.1 Å². The molecule has 170 valence electrons. The van der Waals surface area contributed by atoms with E-state index in [0.717, 1.165) is 49.6 Å². The monoisotopic (exact) mass is 437 g/mol. The summed E-state index contributed by atoms with van der Waals surface area (Å²) in [5, 5.41) is 10.6. The summed E-state index contributed by atoms with van der Waals surface area (Å²) in [6.45, 7) is 10.8. The summed E-state index contributed by atoms with van der Waals surface area (Å²) in [4.78, 5) is 26.5. The minimum absolute atomic E-state index is 0.114. The summed E-state index contributed by atoms with van der Waals surface area (Å²) in [6.07, 6.45) is 7.66. The third-order valence-electron chi connectivity index (χ3n) is 6.28. The summed E-state index contributed by atoms with van der Waals surface area (Å²) < 4.78 is 7.45. The minimum Gasteiger partial charge on any atom is -0.505 e. The van der Waals surface area contributed by atoms with Crippen molar-refractivity contribution in [2.75, 3.05) is 19.7 Å². The van der Waals surface area contributed by atoms with E-state index in [2.05, 4.69) is 44.3 Å². The fraction of sp³-hybridized carbons (Fsp3) is 0.458. The van der Waals surface area contributed by atoms with Crippen LogP contribution in [0.4, 0.5) is 0 Å². The van der Waals surface area contributed by atoms with E-state index < -0.39 is 5.97 Å². The number of aliphatic hydroxyl groups is 1. The van der Waals surface area contributed by atoms with Crippen molar-refractivity contribution in [3.05, 3.63) is 58.3 Å². The van der Waals surface area contributed by atoms with Gasteiger partial charge in [-0.25, -0.2) is 14.8 Å². The molecule has 0 bridgehead atoms. The Hall–Kier alpha value is -3.13. The number of aromatic amines is 1. The number of aryl methyl sites for hydroxylation is 1. The van der Waals surface area contributed by atoms with Crippen LogP contribution in [-0.4, -0.2) is 55.9 Å². The number of piperidine rings is 1. The number of aliphatic imine (C=N–C) groups is 1. The first kappa shape index (κ1) is 22.1. The van der Waals surface area contributed by atoms with E-state index in [0.29, 0.717) is 17.5 Å². The minimum atomic E-state index is -0.540. The molecule has 1 fully saturated rings. The van der Waals surface area contributed by atoms with Crippen molar-refractivity contribution in [1.82, 2.24) is 19.4 Å². The first-order valence-electron chi connectivity index (χ1n) is 11.2. The molecule has 0 unspecified atom stereocenters. The number of esters is 1. The molecule has 2 N–H and O–H groups in total. The van der Waals surface area contributed by atoms with Gasteiger partial charge in [-0.2, -0.15) is 0 Å². The van der Waals surface area contributed by atoms with Gasteiger partial charge in [0, 0.05) is 42.9 Å². The van der Waals surface area contributed by atoms with Crippen LogP contribution in [0, 0.1) is 13.8 Å². The molecular weight excluding hydrogens is 406 g/mol. The van der Waals surface area contributed by atoms with Gasteiger partial charge in [-0.1, -0.05) is 0 Å². The van der Waals surface area contributed by atoms with Crippen molar-refractivity contribution in [2.24, 2.45) is 4.99 Å². The third kappa shape index (κ3) is 4.27. The molecule has 1 saturated heterocycles. The molecule has 8 nitrogen and oxygen atoms in total. The van der Waals surface area contributed by atoms with Crippen LogP contribution in [0.1, 0.15) is 55.5 Å². The van der Waals surface area contributed by atoms with Gasteiger partial charge in [-0.05, 0) is 58.2 Å². The van der Waals surface area contributed by atoms with Gasteiger partial charge in [0.2, 0.25) is 0 Å². The molecular formula is C24H31N5O3. The highest BCUT2D eigenvalue weighted by Gasteiger charge is 2.28. The van der Waals surface area contributed by atoms with Crippen LogP contribution >= 0.6 is 0 Å². The quantitative estimate of drug-likeness (QED) is 0.669. The van der Waals surface area contributed by atoms with E-state index in [1.807, 2.05) is 12.3 Å². The van der Waals surface area contributed by atoms with Gasteiger partial charge in [-0.3, -0.25) is 4.90 Å². The standard InChI is InChI=1S/C24H31N5O3/c1-5-32-24(31)22-16(3)27-20(23(22)30)13-18-12-15(2)29(17(18)4)19-6-10-28(11-7-19)14-21-25-8-9-26-21/h8-9,12-13,19,30H,5-7,10-11,14H2,1-4H3,(H,25,26)/b20-13+. The van der Waals surface area contributed by atoms with Gasteiger partial charge in [0.15, 0.2) is 5.76 Å². The number of aliphatic hydroxyl groups excluding tert-OH is 1. The molecule has 2 aromatic rings. The number of likely N-dealkylation sites (tertiary alicyclic amines) is 1. The number of ether oxygens (including phenoxy) is 1. The molecule has 32 heavy (non-hydrogen) atoms. The number of nitrogens with one attached hydrogen (secondary N) is 1. The Morgan fingerprint density at radius 1 is 1.31 bits per heavy atom. The average molecular weight is 438 g/mol. The fourth-order valence-corrected chi connectivity index (χ4v) is 4.73. The Bertz CT molecular complexity index is 1080. The highest BCUT2D eigenvalue weighted by molar-refractivity contribution is 6.22. The van der Waals surface area contributed by atoms with Crippen molar-refractivity contribution in [3.8, 4) is 0 Å². The number of H-pyrrole nitrogens is 1. The molecule has 2 aromatic heterocycles. The highest BCUT2D eigenvalue weighted by atomic mass is 16.5. The maximum Gasteiger partial charge on any atom is 0.343 e. The summed E-state index contributed by atoms with van der Waals surface area (Å²) >= 11 is 0. The lowest BCUT2D eigenvalue weighted by molar-refractivity contribution is -0.138. The molecule has 0 saturated carbocycles. The Morgan fingerprint density at radius 3 is 2.72 bits per heavy atom. The number of imidazole rings is 1. The number of aromatic nitrogens is 3. The van der Waals surface area contributed by atoms with E-state index in [-0.39, 0.29) is 17.9 Å². The molecule has 8 heteroatoms. The lowest BCUT2D eigenvalue weighted by Crippen LogP contribution is -2.35. The van der Waals surface area contributed by atoms with E-state index in [1.54, 1.807) is 20.0 Å². The zero-order valence-electron chi connectivity index (χ0n) is 19.2. The number of nitrogens with zero attached hydrogens (tertiary/aromatic N) is 4. The number of rotatable bonds is 6. The smallest absolute Gasteiger partial charge is 0.343 e. The normalized spacial score (nSPS) is 19.1. The predicted molar refractivity (Wildman–Crippen MR) is 123 cm³/mol. The lowest BCUT2D eigenvalue weighted by Gasteiger charge is -2.33. The molecule has 4 heterocycles. The number of hydrogen-bond acceptors (Lipinski definition) is 6. The third-order valence-corrected chi connectivity index (χ3v) is 6.28. The summed E-state index contributed by atoms with van der Waals surface area (Å²) in [7, 11) is 0. The van der Waals surface area contributed by atoms with Crippen molar-refractivity contribution in [3.63, 3.8) is 0 Å². The molecule has 4 rings (SSSR count). The first-order chi connectivity index (χ1) is 15.4. The van der Waals surface area contributed by atoms with Crippen LogP contribution in [0.25, 0.3) is 6.08 Å². The maximum atomic E-state index is 12.2. The highest BCUT2D eigenvalue weighted by Crippen LogP contribution is 2.32. The Labute approximate surface area is 188 Å². The van der Waals surface area contributed by atoms with Crippen molar-refractivity contribution in [1.29, 1.82) is 0 Å². The maximum absolute atomic E-state index is 12.2. The molecule has 0 amide bonds. The summed E-state index contributed by atoms with van der Waals surface area (Å²) in [6, 6.07) is 2.56. The van der Waals surface area contributed by atoms with Crippen LogP contribution in [-0.2, 0) is 16.1 Å². The largest absolute Gasteiger partial charge is 0.505 e. The fourth-order valence-electron chi connectivity index (χ4n) is 4.73. The Morgan fingerprint density at radius 2 is 2.06 bits per heavy atom. The average Bonchev–Trinajstić information content (AvgIpc) is 3.43. The molecule has 0 atom stereocenters. The second-order valence-electron chi connectivity index (χ2n) is 8.41. The number of carbonyl (C=O) groups is 1. The van der Waals surface area contributed by atoms with Gasteiger partial charge < -0.3 is 19.4 Å². The van der Waals surface area contributed by atoms with Crippen LogP contribution in [0.5, 0.6) is 0 Å². The van der Waals surface area contributed by atoms with Gasteiger partial charge >= 0.3 is 5.97 Å². The SMILES string of the molecule is CCOC(=O)C1=C(O)/C(=C\c2cc(C)n(C3CCN(Cc4ncc[nH]4)CC3)c2C)N=C1C. The Kier molecular flexibility index (Phi) is 6.32. The zero-order valence-corrected chi connectivity index (χ0v) is 19.2. The van der Waals surface area contributed by atoms with Crippen LogP contribution in [0.15, 0.2) is 40.5 Å². The molecule has 0 aromatic carbocycles. The molecule has 2 aliphatic heterocycles. The molecule has 0 aliphatic carbocycles. The second kappa shape index (κ2) is 9.16. The lowest BCUT2D eigenvalue weighted by atomic mass is 10.0. The summed E-state index contributed by atoms with van der Waals surface area (Å²) in [5.74, 6) is 0.353. The number of carbonyl (C=O) groups excluding carboxylic acids is 1. The van der Waals surface area contributed by atoms with Crippen LogP contribution < -0.4 is 0 Å². The second-order valence-corrected chi connectivity index (χ2v) is 8.41. The number of hydrogen-bond donors (Lipinski definition) is 2. The van der Waals surface area contributed by atoms with E-state index in [4.69, 9.17) is 4.74 Å². The topological polar surface area (TPSA) is 95.7 Å². The van der Waals surface area contributed by atoms with Crippen molar-refractivity contribution < 1.29 is 14.6 Å². The zero-order chi connectivity index (χ0) is 22.8. The van der Waals surface area contributed by atoms with Gasteiger partial charge in [-0.15, -0.1) is 0 Å². The van der Waals surface area contributed by atoms with Crippen molar-refractivity contribution >= 4 is 17.8 Å². The molecule has 0 spiro atoms. The van der Waals surface area contributed by atoms with E-state index in [9.17, 15) is 9.90 Å². The van der Waals surface area contributed by atoms with Crippen LogP contribution in [0.3, 0.4) is 0 Å². The molecule has 0 radical (unpaired) electrons. The van der Waals surface area contributed by atoms with Crippen molar-refractivity contribution in [2.45, 2.75) is 53.1 Å². The van der Waals surface area contributed by atoms with Crippen LogP contribution in [0.2, 0.25) is 0 Å². The predicted octanol–water partition coefficient (Wildman–Crippen LogP) is 3.86. The van der Waals surface area contributed by atoms with Gasteiger partial charge in [0.05, 0.1) is 18.9 Å². The Balaban J connectivity index is 1.51.